The van der Waals surface area contributed by atoms with Crippen molar-refractivity contribution >= 4 is 5.97 Å². The molecule has 1 aromatic carbocycles. The van der Waals surface area contributed by atoms with E-state index < -0.39 is 0 Å². The average Bonchev–Trinajstić information content (AvgIpc) is 2.78. The summed E-state index contributed by atoms with van der Waals surface area (Å²) in [5.74, 6) is 12.0. The fourth-order valence-corrected chi connectivity index (χ4v) is 2.75. The van der Waals surface area contributed by atoms with E-state index in [0.717, 1.165) is 12.8 Å². The van der Waals surface area contributed by atoms with E-state index in [1.54, 1.807) is 20.3 Å². The maximum atomic E-state index is 11.2. The molecule has 0 amide bonds. The number of methoxy groups -OCH3 is 3. The highest BCUT2D eigenvalue weighted by atomic mass is 16.5. The van der Waals surface area contributed by atoms with Gasteiger partial charge < -0.3 is 14.2 Å². The van der Waals surface area contributed by atoms with Gasteiger partial charge in [0.05, 0.1) is 19.6 Å². The van der Waals surface area contributed by atoms with Gasteiger partial charge in [-0.3, -0.25) is 4.79 Å². The second-order valence-corrected chi connectivity index (χ2v) is 6.52. The largest absolute Gasteiger partial charge is 0.469 e. The zero-order valence-electron chi connectivity index (χ0n) is 18.2. The van der Waals surface area contributed by atoms with Crippen LogP contribution in [0.2, 0.25) is 0 Å². The first kappa shape index (κ1) is 25.2. The fraction of sp³-hybridized carbons (Fsp3) is 0.423. The molecule has 1 rings (SSSR count). The predicted octanol–water partition coefficient (Wildman–Crippen LogP) is 4.50. The molecule has 0 aliphatic rings. The van der Waals surface area contributed by atoms with E-state index in [4.69, 9.17) is 9.47 Å². The van der Waals surface area contributed by atoms with Crippen LogP contribution in [-0.2, 0) is 25.4 Å². The van der Waals surface area contributed by atoms with Crippen LogP contribution in [0.1, 0.15) is 37.7 Å². The van der Waals surface area contributed by atoms with Gasteiger partial charge in [0.1, 0.15) is 6.10 Å². The second-order valence-electron chi connectivity index (χ2n) is 6.52. The highest BCUT2D eigenvalue weighted by Gasteiger charge is 2.18. The number of rotatable bonds is 11. The van der Waals surface area contributed by atoms with Crippen LogP contribution >= 0.6 is 0 Å². The number of carbonyl (C=O) groups excluding carboxylic acids is 1. The van der Waals surface area contributed by atoms with Crippen molar-refractivity contribution in [3.05, 3.63) is 60.2 Å². The minimum atomic E-state index is -0.211. The average molecular weight is 409 g/mol. The maximum absolute atomic E-state index is 11.2. The Kier molecular flexibility index (Phi) is 14.4. The molecule has 0 bridgehead atoms. The smallest absolute Gasteiger partial charge is 0.305 e. The number of esters is 1. The quantitative estimate of drug-likeness (QED) is 0.307. The summed E-state index contributed by atoms with van der Waals surface area (Å²) >= 11 is 0. The van der Waals surface area contributed by atoms with E-state index in [1.807, 2.05) is 36.4 Å². The Labute approximate surface area is 181 Å². The van der Waals surface area contributed by atoms with Crippen molar-refractivity contribution in [2.75, 3.05) is 21.3 Å². The number of hydrogen-bond acceptors (Lipinski definition) is 4. The summed E-state index contributed by atoms with van der Waals surface area (Å²) in [6.07, 6.45) is 11.3. The van der Waals surface area contributed by atoms with Gasteiger partial charge in [-0.2, -0.15) is 0 Å². The highest BCUT2D eigenvalue weighted by molar-refractivity contribution is 5.68. The first-order valence-corrected chi connectivity index (χ1v) is 10.1. The number of allylic oxidation sites excluding steroid dienone is 3. The molecule has 4 heteroatoms. The number of benzene rings is 1. The van der Waals surface area contributed by atoms with Crippen LogP contribution in [0.5, 0.6) is 0 Å². The van der Waals surface area contributed by atoms with Gasteiger partial charge in [0.15, 0.2) is 0 Å². The van der Waals surface area contributed by atoms with Crippen LogP contribution in [0.4, 0.5) is 0 Å². The second kappa shape index (κ2) is 17.1. The van der Waals surface area contributed by atoms with Gasteiger partial charge in [0.2, 0.25) is 0 Å². The maximum Gasteiger partial charge on any atom is 0.305 e. The Hall–Kier alpha value is -2.79. The number of aryl methyl sites for hydroxylation is 1. The van der Waals surface area contributed by atoms with Gasteiger partial charge in [0, 0.05) is 27.1 Å². The molecule has 0 aromatic heterocycles. The van der Waals surface area contributed by atoms with Crippen LogP contribution in [0.25, 0.3) is 0 Å². The lowest BCUT2D eigenvalue weighted by atomic mass is 10.1. The Bertz CT molecular complexity index is 772. The molecular weight excluding hydrogens is 376 g/mol. The Balaban J connectivity index is 2.32. The summed E-state index contributed by atoms with van der Waals surface area (Å²) in [6.45, 7) is 0. The van der Waals surface area contributed by atoms with Crippen molar-refractivity contribution in [3.63, 3.8) is 0 Å². The molecule has 0 aliphatic heterocycles. The molecule has 0 aliphatic carbocycles. The topological polar surface area (TPSA) is 44.8 Å². The molecule has 0 saturated heterocycles. The van der Waals surface area contributed by atoms with Gasteiger partial charge >= 0.3 is 5.97 Å². The summed E-state index contributed by atoms with van der Waals surface area (Å²) in [4.78, 5) is 11.2. The van der Waals surface area contributed by atoms with Crippen LogP contribution in [0.15, 0.2) is 54.6 Å². The van der Waals surface area contributed by atoms with Crippen molar-refractivity contribution in [2.45, 2.75) is 50.7 Å². The first-order chi connectivity index (χ1) is 14.7. The van der Waals surface area contributed by atoms with Crippen molar-refractivity contribution in [3.8, 4) is 23.7 Å². The van der Waals surface area contributed by atoms with Gasteiger partial charge in [-0.1, -0.05) is 66.3 Å². The first-order valence-electron chi connectivity index (χ1n) is 10.1. The third-order valence-electron chi connectivity index (χ3n) is 4.42. The molecule has 0 fully saturated rings. The van der Waals surface area contributed by atoms with Crippen LogP contribution in [0.3, 0.4) is 0 Å². The third kappa shape index (κ3) is 11.9. The van der Waals surface area contributed by atoms with Crippen molar-refractivity contribution in [1.29, 1.82) is 0 Å². The van der Waals surface area contributed by atoms with Gasteiger partial charge in [-0.15, -0.1) is 5.92 Å². The van der Waals surface area contributed by atoms with E-state index >= 15 is 0 Å². The standard InChI is InChI=1S/C26H32O4/c1-28-24(25(29-2)21-16-22-26(27)30-3)20-15-10-8-6-4-5-7-9-12-17-23-18-13-11-14-19-23/h8,10-11,13-15,18-20,24-25H,5,12,16-17,21-22H2,1-3H3/t24?,25-/m0/s1. The monoisotopic (exact) mass is 408 g/mol. The number of carbonyl (C=O) groups is 1. The van der Waals surface area contributed by atoms with Crippen LogP contribution < -0.4 is 0 Å². The Morgan fingerprint density at radius 1 is 1.03 bits per heavy atom. The van der Waals surface area contributed by atoms with Gasteiger partial charge in [0.25, 0.3) is 0 Å². The minimum Gasteiger partial charge on any atom is -0.469 e. The van der Waals surface area contributed by atoms with Crippen LogP contribution in [0, 0.1) is 23.7 Å². The fourth-order valence-electron chi connectivity index (χ4n) is 2.75. The molecule has 0 saturated carbocycles. The lowest BCUT2D eigenvalue weighted by Gasteiger charge is -2.22. The molecule has 2 atom stereocenters. The molecule has 160 valence electrons. The SMILES string of the molecule is COC(=O)CCC[C@H](OC)C(C=CC=CC#CCC#CCCc1ccccc1)OC. The summed E-state index contributed by atoms with van der Waals surface area (Å²) in [5, 5.41) is 0. The minimum absolute atomic E-state index is 0.124. The molecule has 0 spiro atoms. The Morgan fingerprint density at radius 2 is 1.83 bits per heavy atom. The van der Waals surface area contributed by atoms with Crippen molar-refractivity contribution in [2.24, 2.45) is 0 Å². The highest BCUT2D eigenvalue weighted by Crippen LogP contribution is 2.13. The van der Waals surface area contributed by atoms with E-state index in [0.29, 0.717) is 25.7 Å². The Morgan fingerprint density at radius 3 is 2.53 bits per heavy atom. The summed E-state index contributed by atoms with van der Waals surface area (Å²) in [7, 11) is 4.68. The lowest BCUT2D eigenvalue weighted by molar-refractivity contribution is -0.140. The summed E-state index contributed by atoms with van der Waals surface area (Å²) < 4.78 is 15.6. The third-order valence-corrected chi connectivity index (χ3v) is 4.42. The zero-order chi connectivity index (χ0) is 21.9. The predicted molar refractivity (Wildman–Crippen MR) is 121 cm³/mol. The van der Waals surface area contributed by atoms with E-state index in [2.05, 4.69) is 40.6 Å². The molecule has 0 radical (unpaired) electrons. The van der Waals surface area contributed by atoms with Crippen molar-refractivity contribution in [1.82, 2.24) is 0 Å². The molecular formula is C26H32O4. The molecule has 0 heterocycles. The molecule has 4 nitrogen and oxygen atoms in total. The molecule has 0 N–H and O–H groups in total. The lowest BCUT2D eigenvalue weighted by Crippen LogP contribution is -2.28. The number of ether oxygens (including phenoxy) is 3. The molecule has 1 unspecified atom stereocenters. The number of hydrogen-bond donors (Lipinski definition) is 0. The van der Waals surface area contributed by atoms with E-state index in [-0.39, 0.29) is 18.2 Å². The van der Waals surface area contributed by atoms with Gasteiger partial charge in [-0.05, 0) is 30.9 Å². The zero-order valence-corrected chi connectivity index (χ0v) is 18.2. The molecule has 30 heavy (non-hydrogen) atoms. The molecule has 1 aromatic rings. The normalized spacial score (nSPS) is 12.6. The summed E-state index contributed by atoms with van der Waals surface area (Å²) in [6, 6.07) is 10.3. The van der Waals surface area contributed by atoms with Crippen molar-refractivity contribution < 1.29 is 19.0 Å². The van der Waals surface area contributed by atoms with E-state index in [9.17, 15) is 4.79 Å². The van der Waals surface area contributed by atoms with Gasteiger partial charge in [-0.25, -0.2) is 0 Å². The summed E-state index contributed by atoms with van der Waals surface area (Å²) in [5.41, 5.74) is 1.31. The van der Waals surface area contributed by atoms with Crippen LogP contribution in [-0.4, -0.2) is 39.5 Å². The van der Waals surface area contributed by atoms with E-state index in [1.165, 1.54) is 12.7 Å².